The molecule has 276 valence electrons. The standard InChI is InChI=1S/2C18H37NO.C6H12/c2*1-2-3-4-5-6-7-8-9-10-11-12-13-14-15-16-17-18(19)20;1-2-4-6-5-3-1/h2*2-17H2,1H3,(H2,19,20);1-6H2. The molecule has 0 aromatic rings. The molecule has 0 saturated heterocycles. The second kappa shape index (κ2) is 43.9. The van der Waals surface area contributed by atoms with E-state index in [0.717, 1.165) is 12.8 Å². The summed E-state index contributed by atoms with van der Waals surface area (Å²) in [5, 5.41) is 0. The minimum atomic E-state index is -0.153. The maximum atomic E-state index is 10.6. The van der Waals surface area contributed by atoms with Crippen LogP contribution in [-0.4, -0.2) is 11.8 Å². The van der Waals surface area contributed by atoms with Crippen LogP contribution >= 0.6 is 0 Å². The molecule has 4 N–H and O–H groups in total. The molecule has 0 radical (unpaired) electrons. The number of rotatable bonds is 32. The zero-order valence-electron chi connectivity index (χ0n) is 31.8. The first kappa shape index (κ1) is 47.1. The summed E-state index contributed by atoms with van der Waals surface area (Å²) in [6.45, 7) is 4.55. The van der Waals surface area contributed by atoms with E-state index in [0.29, 0.717) is 12.8 Å². The molecule has 4 heteroatoms. The van der Waals surface area contributed by atoms with E-state index in [1.165, 1.54) is 218 Å². The Bertz CT molecular complexity index is 520. The second-order valence-corrected chi connectivity index (χ2v) is 14.5. The maximum absolute atomic E-state index is 10.6. The third-order valence-electron chi connectivity index (χ3n) is 9.55. The topological polar surface area (TPSA) is 86.2 Å². The number of amides is 2. The van der Waals surface area contributed by atoms with Crippen LogP contribution in [0.4, 0.5) is 0 Å². The number of carbonyl (C=O) groups is 2. The third kappa shape index (κ3) is 49.8. The normalized spacial score (nSPS) is 12.6. The molecule has 4 nitrogen and oxygen atoms in total. The molecule has 1 aliphatic carbocycles. The summed E-state index contributed by atoms with van der Waals surface area (Å²) in [6, 6.07) is 0. The van der Waals surface area contributed by atoms with E-state index in [1.807, 2.05) is 0 Å². The van der Waals surface area contributed by atoms with Crippen LogP contribution in [0.1, 0.15) is 258 Å². The van der Waals surface area contributed by atoms with Crippen molar-refractivity contribution in [2.45, 2.75) is 258 Å². The summed E-state index contributed by atoms with van der Waals surface area (Å²) in [5.41, 5.74) is 10.2. The molecular formula is C42H86N2O2. The average Bonchev–Trinajstić information content (AvgIpc) is 3.06. The van der Waals surface area contributed by atoms with Crippen LogP contribution < -0.4 is 11.5 Å². The van der Waals surface area contributed by atoms with Crippen LogP contribution in [0, 0.1) is 0 Å². The largest absolute Gasteiger partial charge is 0.370 e. The minimum Gasteiger partial charge on any atom is -0.370 e. The van der Waals surface area contributed by atoms with Crippen molar-refractivity contribution in [2.24, 2.45) is 11.5 Å². The van der Waals surface area contributed by atoms with Crippen molar-refractivity contribution in [2.75, 3.05) is 0 Å². The van der Waals surface area contributed by atoms with Gasteiger partial charge in [0.25, 0.3) is 0 Å². The fourth-order valence-electron chi connectivity index (χ4n) is 6.40. The average molecular weight is 651 g/mol. The van der Waals surface area contributed by atoms with E-state index >= 15 is 0 Å². The monoisotopic (exact) mass is 651 g/mol. The third-order valence-corrected chi connectivity index (χ3v) is 9.55. The quantitative estimate of drug-likeness (QED) is 0.0710. The van der Waals surface area contributed by atoms with Gasteiger partial charge >= 0.3 is 0 Å². The van der Waals surface area contributed by atoms with E-state index < -0.39 is 0 Å². The van der Waals surface area contributed by atoms with Gasteiger partial charge in [0.1, 0.15) is 0 Å². The first-order valence-corrected chi connectivity index (χ1v) is 21.1. The van der Waals surface area contributed by atoms with Crippen LogP contribution in [0.5, 0.6) is 0 Å². The zero-order valence-corrected chi connectivity index (χ0v) is 31.8. The van der Waals surface area contributed by atoms with E-state index in [1.54, 1.807) is 0 Å². The smallest absolute Gasteiger partial charge is 0.217 e. The van der Waals surface area contributed by atoms with Crippen LogP contribution in [0.2, 0.25) is 0 Å². The summed E-state index contributed by atoms with van der Waals surface area (Å²) in [4.78, 5) is 21.1. The first-order chi connectivity index (χ1) is 22.5. The highest BCUT2D eigenvalue weighted by Gasteiger charge is 1.98. The first-order valence-electron chi connectivity index (χ1n) is 21.1. The molecule has 0 unspecified atom stereocenters. The van der Waals surface area contributed by atoms with Gasteiger partial charge < -0.3 is 11.5 Å². The van der Waals surface area contributed by atoms with Crippen LogP contribution in [-0.2, 0) is 9.59 Å². The lowest BCUT2D eigenvalue weighted by molar-refractivity contribution is -0.119. The molecule has 0 aliphatic heterocycles. The zero-order chi connectivity index (χ0) is 34.0. The van der Waals surface area contributed by atoms with Gasteiger partial charge in [-0.25, -0.2) is 0 Å². The molecular weight excluding hydrogens is 564 g/mol. The Balaban J connectivity index is 0. The van der Waals surface area contributed by atoms with Crippen molar-refractivity contribution >= 4 is 11.8 Å². The molecule has 2 amide bonds. The highest BCUT2D eigenvalue weighted by molar-refractivity contribution is 5.73. The number of hydrogen-bond acceptors (Lipinski definition) is 2. The Morgan fingerprint density at radius 1 is 0.304 bits per heavy atom. The van der Waals surface area contributed by atoms with Crippen LogP contribution in [0.15, 0.2) is 0 Å². The molecule has 46 heavy (non-hydrogen) atoms. The van der Waals surface area contributed by atoms with E-state index in [2.05, 4.69) is 13.8 Å². The van der Waals surface area contributed by atoms with Gasteiger partial charge in [-0.3, -0.25) is 9.59 Å². The highest BCUT2D eigenvalue weighted by atomic mass is 16.1. The predicted octanol–water partition coefficient (Wildman–Crippen LogP) is 13.8. The SMILES string of the molecule is C1CCCCC1.CCCCCCCCCCCCCCCCCC(N)=O.CCCCCCCCCCCCCCCCCC(N)=O. The van der Waals surface area contributed by atoms with Gasteiger partial charge in [0.05, 0.1) is 0 Å². The van der Waals surface area contributed by atoms with Crippen molar-refractivity contribution < 1.29 is 9.59 Å². The summed E-state index contributed by atoms with van der Waals surface area (Å²) < 4.78 is 0. The molecule has 0 bridgehead atoms. The number of unbranched alkanes of at least 4 members (excludes halogenated alkanes) is 28. The lowest BCUT2D eigenvalue weighted by Gasteiger charge is -2.05. The van der Waals surface area contributed by atoms with Crippen molar-refractivity contribution in [3.8, 4) is 0 Å². The molecule has 0 heterocycles. The van der Waals surface area contributed by atoms with E-state index in [9.17, 15) is 9.59 Å². The highest BCUT2D eigenvalue weighted by Crippen LogP contribution is 2.16. The molecule has 0 spiro atoms. The van der Waals surface area contributed by atoms with Crippen molar-refractivity contribution in [3.05, 3.63) is 0 Å². The Kier molecular flexibility index (Phi) is 45.0. The summed E-state index contributed by atoms with van der Waals surface area (Å²) >= 11 is 0. The molecule has 1 rings (SSSR count). The fourth-order valence-corrected chi connectivity index (χ4v) is 6.40. The number of primary amides is 2. The maximum Gasteiger partial charge on any atom is 0.217 e. The van der Waals surface area contributed by atoms with E-state index in [-0.39, 0.29) is 11.8 Å². The molecule has 1 fully saturated rings. The van der Waals surface area contributed by atoms with Crippen LogP contribution in [0.25, 0.3) is 0 Å². The number of nitrogens with two attached hydrogens (primary N) is 2. The molecule has 1 aliphatic rings. The Morgan fingerprint density at radius 3 is 0.609 bits per heavy atom. The second-order valence-electron chi connectivity index (χ2n) is 14.5. The lowest BCUT2D eigenvalue weighted by Crippen LogP contribution is -2.09. The molecule has 0 atom stereocenters. The lowest BCUT2D eigenvalue weighted by atomic mass is 10.0. The molecule has 1 saturated carbocycles. The molecule has 0 aromatic carbocycles. The van der Waals surface area contributed by atoms with Gasteiger partial charge in [-0.2, -0.15) is 0 Å². The van der Waals surface area contributed by atoms with Gasteiger partial charge in [0.2, 0.25) is 11.8 Å². The summed E-state index contributed by atoms with van der Waals surface area (Å²) in [6.07, 6.45) is 50.8. The summed E-state index contributed by atoms with van der Waals surface area (Å²) in [7, 11) is 0. The summed E-state index contributed by atoms with van der Waals surface area (Å²) in [5.74, 6) is -0.306. The van der Waals surface area contributed by atoms with Gasteiger partial charge in [0, 0.05) is 12.8 Å². The van der Waals surface area contributed by atoms with Crippen molar-refractivity contribution in [1.82, 2.24) is 0 Å². The Morgan fingerprint density at radius 2 is 0.457 bits per heavy atom. The van der Waals surface area contributed by atoms with Gasteiger partial charge in [-0.15, -0.1) is 0 Å². The fraction of sp³-hybridized carbons (Fsp3) is 0.952. The van der Waals surface area contributed by atoms with Crippen molar-refractivity contribution in [1.29, 1.82) is 0 Å². The van der Waals surface area contributed by atoms with Crippen molar-refractivity contribution in [3.63, 3.8) is 0 Å². The van der Waals surface area contributed by atoms with Gasteiger partial charge in [0.15, 0.2) is 0 Å². The Labute approximate surface area is 290 Å². The minimum absolute atomic E-state index is 0.153. The Hall–Kier alpha value is -1.06. The number of carbonyl (C=O) groups excluding carboxylic acids is 2. The van der Waals surface area contributed by atoms with Gasteiger partial charge in [-0.05, 0) is 12.8 Å². The van der Waals surface area contributed by atoms with Gasteiger partial charge in [-0.1, -0.05) is 232 Å². The number of hydrogen-bond donors (Lipinski definition) is 2. The van der Waals surface area contributed by atoms with Crippen LogP contribution in [0.3, 0.4) is 0 Å². The van der Waals surface area contributed by atoms with E-state index in [4.69, 9.17) is 11.5 Å². The predicted molar refractivity (Wildman–Crippen MR) is 205 cm³/mol. The molecule has 0 aromatic heterocycles.